The van der Waals surface area contributed by atoms with Gasteiger partial charge in [-0.1, -0.05) is 0 Å². The molecule has 0 spiro atoms. The lowest BCUT2D eigenvalue weighted by Crippen LogP contribution is -2.23. The van der Waals surface area contributed by atoms with Crippen LogP contribution in [0.2, 0.25) is 0 Å². The lowest BCUT2D eigenvalue weighted by Gasteiger charge is -2.23. The fourth-order valence-electron chi connectivity index (χ4n) is 2.51. The van der Waals surface area contributed by atoms with Gasteiger partial charge in [-0.15, -0.1) is 22.7 Å². The monoisotopic (exact) mass is 293 g/mol. The van der Waals surface area contributed by atoms with Gasteiger partial charge >= 0.3 is 5.97 Å². The van der Waals surface area contributed by atoms with Crippen LogP contribution in [0.4, 0.5) is 0 Å². The first-order valence-corrected chi connectivity index (χ1v) is 8.05. The van der Waals surface area contributed by atoms with Crippen molar-refractivity contribution in [1.82, 2.24) is 5.32 Å². The molecule has 3 rings (SSSR count). The number of nitrogens with one attached hydrogen (secondary N) is 1. The summed E-state index contributed by atoms with van der Waals surface area (Å²) in [6, 6.07) is 6.22. The molecule has 0 saturated heterocycles. The van der Waals surface area contributed by atoms with Gasteiger partial charge in [0, 0.05) is 22.3 Å². The Morgan fingerprint density at radius 3 is 3.11 bits per heavy atom. The van der Waals surface area contributed by atoms with E-state index in [0.717, 1.165) is 11.4 Å². The summed E-state index contributed by atoms with van der Waals surface area (Å²) in [6.45, 7) is 0.748. The topological polar surface area (TPSA) is 49.3 Å². The maximum absolute atomic E-state index is 10.8. The van der Waals surface area contributed by atoms with E-state index in [1.165, 1.54) is 41.0 Å². The zero-order valence-electron chi connectivity index (χ0n) is 10.4. The number of carbonyl (C=O) groups is 1. The van der Waals surface area contributed by atoms with Gasteiger partial charge < -0.3 is 10.4 Å². The zero-order valence-corrected chi connectivity index (χ0v) is 12.0. The fourth-order valence-corrected chi connectivity index (χ4v) is 4.30. The van der Waals surface area contributed by atoms with E-state index in [0.29, 0.717) is 10.9 Å². The van der Waals surface area contributed by atoms with Gasteiger partial charge in [-0.2, -0.15) is 0 Å². The Bertz CT molecular complexity index is 588. The summed E-state index contributed by atoms with van der Waals surface area (Å²) in [5.74, 6) is -0.839. The minimum atomic E-state index is -0.839. The summed E-state index contributed by atoms with van der Waals surface area (Å²) in [4.78, 5) is 13.8. The van der Waals surface area contributed by atoms with Crippen LogP contribution in [0.25, 0.3) is 0 Å². The van der Waals surface area contributed by atoms with Crippen molar-refractivity contribution >= 4 is 28.6 Å². The van der Waals surface area contributed by atoms with E-state index in [2.05, 4.69) is 16.8 Å². The summed E-state index contributed by atoms with van der Waals surface area (Å²) >= 11 is 3.20. The number of rotatable bonds is 4. The third-order valence-electron chi connectivity index (χ3n) is 3.45. The van der Waals surface area contributed by atoms with E-state index in [1.54, 1.807) is 6.07 Å². The lowest BCUT2D eigenvalue weighted by atomic mass is 9.94. The van der Waals surface area contributed by atoms with Crippen LogP contribution in [-0.2, 0) is 13.0 Å². The average Bonchev–Trinajstić information content (AvgIpc) is 3.05. The Balaban J connectivity index is 1.65. The number of hydrogen-bond donors (Lipinski definition) is 2. The van der Waals surface area contributed by atoms with Gasteiger partial charge in [0.25, 0.3) is 0 Å². The maximum atomic E-state index is 10.8. The highest BCUT2D eigenvalue weighted by Crippen LogP contribution is 2.33. The lowest BCUT2D eigenvalue weighted by molar-refractivity contribution is 0.0702. The molecule has 0 fully saturated rings. The van der Waals surface area contributed by atoms with Crippen molar-refractivity contribution in [2.45, 2.75) is 31.8 Å². The SMILES string of the molecule is O=C(O)c1ccc(CNC2CCCc3sccc32)s1. The van der Waals surface area contributed by atoms with Gasteiger partial charge in [-0.25, -0.2) is 4.79 Å². The van der Waals surface area contributed by atoms with E-state index in [9.17, 15) is 4.79 Å². The number of aryl methyl sites for hydroxylation is 1. The largest absolute Gasteiger partial charge is 0.477 e. The molecule has 0 aromatic carbocycles. The second-order valence-corrected chi connectivity index (χ2v) is 6.86. The van der Waals surface area contributed by atoms with Crippen molar-refractivity contribution in [1.29, 1.82) is 0 Å². The van der Waals surface area contributed by atoms with Crippen molar-refractivity contribution in [2.24, 2.45) is 0 Å². The molecule has 0 radical (unpaired) electrons. The van der Waals surface area contributed by atoms with Gasteiger partial charge in [0.2, 0.25) is 0 Å². The predicted molar refractivity (Wildman–Crippen MR) is 78.1 cm³/mol. The number of carboxylic acid groups (broad SMARTS) is 1. The molecule has 2 aromatic heterocycles. The van der Waals surface area contributed by atoms with Crippen molar-refractivity contribution in [2.75, 3.05) is 0 Å². The highest BCUT2D eigenvalue weighted by molar-refractivity contribution is 7.13. The van der Waals surface area contributed by atoms with Crippen LogP contribution < -0.4 is 5.32 Å². The molecule has 0 aliphatic heterocycles. The molecule has 0 amide bonds. The first-order valence-electron chi connectivity index (χ1n) is 6.35. The molecule has 1 aliphatic rings. The van der Waals surface area contributed by atoms with Gasteiger partial charge in [-0.05, 0) is 48.4 Å². The van der Waals surface area contributed by atoms with Crippen molar-refractivity contribution in [3.05, 3.63) is 43.8 Å². The van der Waals surface area contributed by atoms with E-state index in [-0.39, 0.29) is 0 Å². The molecule has 2 heterocycles. The molecule has 1 atom stereocenters. The molecule has 19 heavy (non-hydrogen) atoms. The molecule has 5 heteroatoms. The molecule has 0 saturated carbocycles. The van der Waals surface area contributed by atoms with E-state index in [1.807, 2.05) is 17.4 Å². The maximum Gasteiger partial charge on any atom is 0.345 e. The summed E-state index contributed by atoms with van der Waals surface area (Å²) in [5.41, 5.74) is 1.44. The number of fused-ring (bicyclic) bond motifs is 1. The quantitative estimate of drug-likeness (QED) is 0.904. The van der Waals surface area contributed by atoms with Crippen LogP contribution in [0, 0.1) is 0 Å². The molecule has 3 nitrogen and oxygen atoms in total. The van der Waals surface area contributed by atoms with E-state index >= 15 is 0 Å². The number of hydrogen-bond acceptors (Lipinski definition) is 4. The van der Waals surface area contributed by atoms with Crippen LogP contribution in [-0.4, -0.2) is 11.1 Å². The number of thiophene rings is 2. The minimum Gasteiger partial charge on any atom is -0.477 e. The highest BCUT2D eigenvalue weighted by atomic mass is 32.1. The Hall–Kier alpha value is -1.17. The summed E-state index contributed by atoms with van der Waals surface area (Å²) in [6.07, 6.45) is 3.60. The smallest absolute Gasteiger partial charge is 0.345 e. The third-order valence-corrected chi connectivity index (χ3v) is 5.52. The highest BCUT2D eigenvalue weighted by Gasteiger charge is 2.20. The standard InChI is InChI=1S/C14H15NO2S2/c16-14(17)13-5-4-9(19-13)8-15-11-2-1-3-12-10(11)6-7-18-12/h4-7,11,15H,1-3,8H2,(H,16,17). The van der Waals surface area contributed by atoms with Gasteiger partial charge in [0.05, 0.1) is 0 Å². The second kappa shape index (κ2) is 5.45. The van der Waals surface area contributed by atoms with Crippen LogP contribution in [0.1, 0.15) is 43.9 Å². The van der Waals surface area contributed by atoms with Crippen molar-refractivity contribution in [3.8, 4) is 0 Å². The number of aromatic carboxylic acids is 1. The molecule has 2 aromatic rings. The summed E-state index contributed by atoms with van der Waals surface area (Å²) < 4.78 is 0. The van der Waals surface area contributed by atoms with Gasteiger partial charge in [0.1, 0.15) is 4.88 Å². The molecule has 100 valence electrons. The predicted octanol–water partition coefficient (Wildman–Crippen LogP) is 3.68. The second-order valence-electron chi connectivity index (χ2n) is 4.70. The van der Waals surface area contributed by atoms with Crippen LogP contribution >= 0.6 is 22.7 Å². The first-order chi connectivity index (χ1) is 9.24. The average molecular weight is 293 g/mol. The molecule has 2 N–H and O–H groups in total. The Kier molecular flexibility index (Phi) is 3.68. The number of carboxylic acids is 1. The van der Waals surface area contributed by atoms with Crippen molar-refractivity contribution in [3.63, 3.8) is 0 Å². The third kappa shape index (κ3) is 2.73. The summed E-state index contributed by atoms with van der Waals surface area (Å²) in [7, 11) is 0. The van der Waals surface area contributed by atoms with Crippen LogP contribution in [0.3, 0.4) is 0 Å². The van der Waals surface area contributed by atoms with Gasteiger partial charge in [-0.3, -0.25) is 0 Å². The zero-order chi connectivity index (χ0) is 13.2. The first kappa shape index (κ1) is 12.8. The summed E-state index contributed by atoms with van der Waals surface area (Å²) in [5, 5.41) is 14.6. The Labute approximate surface area is 119 Å². The van der Waals surface area contributed by atoms with Crippen molar-refractivity contribution < 1.29 is 9.90 Å². The molecule has 0 bridgehead atoms. The van der Waals surface area contributed by atoms with E-state index < -0.39 is 5.97 Å². The van der Waals surface area contributed by atoms with Crippen LogP contribution in [0.5, 0.6) is 0 Å². The van der Waals surface area contributed by atoms with Gasteiger partial charge in [0.15, 0.2) is 0 Å². The molecule has 1 aliphatic carbocycles. The normalized spacial score (nSPS) is 18.2. The van der Waals surface area contributed by atoms with Crippen LogP contribution in [0.15, 0.2) is 23.6 Å². The van der Waals surface area contributed by atoms with E-state index in [4.69, 9.17) is 5.11 Å². The molecular weight excluding hydrogens is 278 g/mol. The molecule has 1 unspecified atom stereocenters. The molecular formula is C14H15NO2S2. The Morgan fingerprint density at radius 2 is 2.32 bits per heavy atom. The fraction of sp³-hybridized carbons (Fsp3) is 0.357. The Morgan fingerprint density at radius 1 is 1.42 bits per heavy atom. The minimum absolute atomic E-state index is 0.414.